The van der Waals surface area contributed by atoms with E-state index in [-0.39, 0.29) is 0 Å². The Balaban J connectivity index is 3.49. The summed E-state index contributed by atoms with van der Waals surface area (Å²) in [4.78, 5) is 12.4. The Kier molecular flexibility index (Phi) is 3.14. The molecule has 0 fully saturated rings. The van der Waals surface area contributed by atoms with Crippen LogP contribution in [0.15, 0.2) is 17.3 Å². The quantitative estimate of drug-likeness (QED) is 0.624. The summed E-state index contributed by atoms with van der Waals surface area (Å²) in [6.07, 6.45) is -2.67. The predicted molar refractivity (Wildman–Crippen MR) is 47.2 cm³/mol. The van der Waals surface area contributed by atoms with Crippen molar-refractivity contribution in [2.24, 2.45) is 5.14 Å². The minimum Gasteiger partial charge on any atom is -0.258 e. The number of halogens is 2. The van der Waals surface area contributed by atoms with Crippen LogP contribution in [0.4, 0.5) is 14.5 Å². The molecule has 1 heterocycles. The third-order valence-electron chi connectivity index (χ3n) is 1.58. The SMILES string of the molecule is NS(=O)(=O)c1ncc([N+](=O)[O-])cc1C(F)F. The van der Waals surface area contributed by atoms with Crippen molar-refractivity contribution in [2.45, 2.75) is 11.5 Å². The minimum absolute atomic E-state index is 0.428. The van der Waals surface area contributed by atoms with E-state index < -0.39 is 37.6 Å². The number of rotatable bonds is 3. The first-order valence-corrected chi connectivity index (χ1v) is 5.23. The van der Waals surface area contributed by atoms with E-state index in [1.807, 2.05) is 0 Å². The fraction of sp³-hybridized carbons (Fsp3) is 0.167. The van der Waals surface area contributed by atoms with Gasteiger partial charge in [-0.1, -0.05) is 0 Å². The Bertz CT molecular complexity index is 531. The summed E-state index contributed by atoms with van der Waals surface area (Å²) >= 11 is 0. The molecule has 0 amide bonds. The molecule has 0 radical (unpaired) electrons. The number of aromatic nitrogens is 1. The maximum Gasteiger partial charge on any atom is 0.288 e. The fourth-order valence-electron chi connectivity index (χ4n) is 0.952. The molecule has 0 saturated heterocycles. The molecule has 16 heavy (non-hydrogen) atoms. The van der Waals surface area contributed by atoms with Crippen LogP contribution in [-0.2, 0) is 10.0 Å². The average molecular weight is 253 g/mol. The second kappa shape index (κ2) is 4.06. The largest absolute Gasteiger partial charge is 0.288 e. The summed E-state index contributed by atoms with van der Waals surface area (Å²) in [6.45, 7) is 0. The molecule has 0 aliphatic carbocycles. The highest BCUT2D eigenvalue weighted by Gasteiger charge is 2.25. The average Bonchev–Trinajstić information content (AvgIpc) is 2.15. The van der Waals surface area contributed by atoms with Gasteiger partial charge in [-0.25, -0.2) is 27.3 Å². The van der Waals surface area contributed by atoms with Crippen LogP contribution in [0, 0.1) is 10.1 Å². The molecule has 1 aromatic rings. The van der Waals surface area contributed by atoms with Crippen LogP contribution in [-0.4, -0.2) is 18.3 Å². The van der Waals surface area contributed by atoms with E-state index >= 15 is 0 Å². The summed E-state index contributed by atoms with van der Waals surface area (Å²) in [5, 5.41) is 13.8. The Hall–Kier alpha value is -1.68. The number of pyridine rings is 1. The third-order valence-corrected chi connectivity index (χ3v) is 2.46. The lowest BCUT2D eigenvalue weighted by Crippen LogP contribution is -2.17. The van der Waals surface area contributed by atoms with Crippen LogP contribution < -0.4 is 5.14 Å². The Morgan fingerprint density at radius 3 is 2.44 bits per heavy atom. The molecule has 7 nitrogen and oxygen atoms in total. The molecule has 0 unspecified atom stereocenters. The highest BCUT2D eigenvalue weighted by molar-refractivity contribution is 7.89. The van der Waals surface area contributed by atoms with Crippen LogP contribution in [0.2, 0.25) is 0 Å². The molecule has 1 aromatic heterocycles. The molecule has 0 aromatic carbocycles. The van der Waals surface area contributed by atoms with E-state index in [9.17, 15) is 27.3 Å². The van der Waals surface area contributed by atoms with Gasteiger partial charge < -0.3 is 0 Å². The first-order valence-electron chi connectivity index (χ1n) is 3.68. The second-order valence-electron chi connectivity index (χ2n) is 2.69. The van der Waals surface area contributed by atoms with Crippen LogP contribution in [0.5, 0.6) is 0 Å². The van der Waals surface area contributed by atoms with E-state index in [1.165, 1.54) is 0 Å². The molecule has 1 rings (SSSR count). The molecule has 0 saturated carbocycles. The molecule has 0 aliphatic rings. The lowest BCUT2D eigenvalue weighted by atomic mass is 10.3. The smallest absolute Gasteiger partial charge is 0.258 e. The highest BCUT2D eigenvalue weighted by atomic mass is 32.2. The zero-order chi connectivity index (χ0) is 12.5. The van der Waals surface area contributed by atoms with Crippen molar-refractivity contribution in [3.05, 3.63) is 27.9 Å². The number of hydrogen-bond acceptors (Lipinski definition) is 5. The maximum absolute atomic E-state index is 12.4. The summed E-state index contributed by atoms with van der Waals surface area (Å²) in [5.74, 6) is 0. The summed E-state index contributed by atoms with van der Waals surface area (Å²) in [5.41, 5.74) is -1.82. The maximum atomic E-state index is 12.4. The molecule has 0 atom stereocenters. The summed E-state index contributed by atoms with van der Waals surface area (Å²) in [6, 6.07) is 0.428. The molecule has 0 aliphatic heterocycles. The number of hydrogen-bond donors (Lipinski definition) is 1. The lowest BCUT2D eigenvalue weighted by molar-refractivity contribution is -0.385. The van der Waals surface area contributed by atoms with Crippen molar-refractivity contribution in [2.75, 3.05) is 0 Å². The zero-order valence-electron chi connectivity index (χ0n) is 7.50. The van der Waals surface area contributed by atoms with Crippen LogP contribution in [0.25, 0.3) is 0 Å². The minimum atomic E-state index is -4.43. The molecule has 0 spiro atoms. The molecule has 2 N–H and O–H groups in total. The van der Waals surface area contributed by atoms with E-state index in [0.717, 1.165) is 0 Å². The van der Waals surface area contributed by atoms with Gasteiger partial charge in [-0.2, -0.15) is 0 Å². The van der Waals surface area contributed by atoms with Crippen molar-refractivity contribution in [1.82, 2.24) is 4.98 Å². The second-order valence-corrected chi connectivity index (χ2v) is 4.17. The van der Waals surface area contributed by atoms with E-state index in [4.69, 9.17) is 0 Å². The third kappa shape index (κ3) is 2.46. The number of primary sulfonamides is 1. The molecule has 10 heteroatoms. The first kappa shape index (κ1) is 12.4. The zero-order valence-corrected chi connectivity index (χ0v) is 8.32. The summed E-state index contributed by atoms with van der Waals surface area (Å²) in [7, 11) is -4.43. The first-order chi connectivity index (χ1) is 7.23. The van der Waals surface area contributed by atoms with Gasteiger partial charge in [-0.15, -0.1) is 0 Å². The van der Waals surface area contributed by atoms with Gasteiger partial charge in [0.2, 0.25) is 0 Å². The van der Waals surface area contributed by atoms with Crippen LogP contribution >= 0.6 is 0 Å². The number of sulfonamides is 1. The fourth-order valence-corrected chi connectivity index (χ4v) is 1.63. The molecular formula is C6H5F2N3O4S. The van der Waals surface area contributed by atoms with Crippen molar-refractivity contribution in [3.63, 3.8) is 0 Å². The Morgan fingerprint density at radius 2 is 2.06 bits per heavy atom. The summed E-state index contributed by atoms with van der Waals surface area (Å²) < 4.78 is 46.5. The van der Waals surface area contributed by atoms with Gasteiger partial charge in [0, 0.05) is 6.07 Å². The standard InChI is InChI=1S/C6H5F2N3O4S/c7-5(8)4-1-3(11(12)13)2-10-6(4)16(9,14)15/h1-2,5H,(H2,9,14,15). The van der Waals surface area contributed by atoms with Gasteiger partial charge in [-0.3, -0.25) is 10.1 Å². The normalized spacial score (nSPS) is 11.8. The van der Waals surface area contributed by atoms with Gasteiger partial charge in [-0.05, 0) is 0 Å². The Labute approximate surface area is 88.1 Å². The van der Waals surface area contributed by atoms with Gasteiger partial charge in [0.25, 0.3) is 22.1 Å². The monoisotopic (exact) mass is 253 g/mol. The number of nitro groups is 1. The van der Waals surface area contributed by atoms with Crippen LogP contribution in [0.1, 0.15) is 12.0 Å². The topological polar surface area (TPSA) is 116 Å². The highest BCUT2D eigenvalue weighted by Crippen LogP contribution is 2.27. The predicted octanol–water partition coefficient (Wildman–Crippen LogP) is 0.575. The van der Waals surface area contributed by atoms with Crippen molar-refractivity contribution < 1.29 is 22.1 Å². The van der Waals surface area contributed by atoms with Crippen molar-refractivity contribution >= 4 is 15.7 Å². The lowest BCUT2D eigenvalue weighted by Gasteiger charge is -2.04. The molecular weight excluding hydrogens is 248 g/mol. The van der Waals surface area contributed by atoms with Crippen LogP contribution in [0.3, 0.4) is 0 Å². The van der Waals surface area contributed by atoms with E-state index in [2.05, 4.69) is 10.1 Å². The number of alkyl halides is 2. The van der Waals surface area contributed by atoms with Crippen molar-refractivity contribution in [1.29, 1.82) is 0 Å². The van der Waals surface area contributed by atoms with Crippen molar-refractivity contribution in [3.8, 4) is 0 Å². The molecule has 0 bridgehead atoms. The van der Waals surface area contributed by atoms with E-state index in [0.29, 0.717) is 12.3 Å². The Morgan fingerprint density at radius 1 is 1.50 bits per heavy atom. The van der Waals surface area contributed by atoms with Gasteiger partial charge >= 0.3 is 0 Å². The number of nitrogens with two attached hydrogens (primary N) is 1. The molecule has 88 valence electrons. The number of nitrogens with zero attached hydrogens (tertiary/aromatic N) is 2. The van der Waals surface area contributed by atoms with Gasteiger partial charge in [0.05, 0.1) is 10.5 Å². The van der Waals surface area contributed by atoms with E-state index in [1.54, 1.807) is 0 Å². The van der Waals surface area contributed by atoms with Gasteiger partial charge in [0.1, 0.15) is 6.20 Å². The van der Waals surface area contributed by atoms with Gasteiger partial charge in [0.15, 0.2) is 5.03 Å².